The molecule has 2 saturated heterocycles. The Hall–Kier alpha value is -1.07. The molecule has 0 spiro atoms. The standard InChI is InChI=1S/C17H23FN2OS/c18-15-6-4-14(5-7-15)17(21)20-10-3-11-22-13-16(20)12-19-8-1-2-9-19/h4-7,16H,1-3,8-13H2. The molecule has 3 nitrogen and oxygen atoms in total. The fraction of sp³-hybridized carbons (Fsp3) is 0.588. The van der Waals surface area contributed by atoms with Crippen LogP contribution >= 0.6 is 11.8 Å². The number of hydrogen-bond acceptors (Lipinski definition) is 3. The highest BCUT2D eigenvalue weighted by Crippen LogP contribution is 2.21. The molecule has 0 N–H and O–H groups in total. The minimum Gasteiger partial charge on any atom is -0.334 e. The second-order valence-corrected chi connectivity index (χ2v) is 7.25. The van der Waals surface area contributed by atoms with Crippen LogP contribution in [-0.4, -0.2) is 59.4 Å². The maximum absolute atomic E-state index is 13.1. The van der Waals surface area contributed by atoms with Gasteiger partial charge in [0, 0.05) is 24.4 Å². The van der Waals surface area contributed by atoms with Crippen LogP contribution in [0.4, 0.5) is 4.39 Å². The number of thioether (sulfide) groups is 1. The molecule has 5 heteroatoms. The van der Waals surface area contributed by atoms with Gasteiger partial charge in [-0.05, 0) is 62.4 Å². The van der Waals surface area contributed by atoms with Gasteiger partial charge in [0.15, 0.2) is 0 Å². The van der Waals surface area contributed by atoms with Gasteiger partial charge in [0.2, 0.25) is 0 Å². The third kappa shape index (κ3) is 3.82. The van der Waals surface area contributed by atoms with Gasteiger partial charge >= 0.3 is 0 Å². The smallest absolute Gasteiger partial charge is 0.254 e. The van der Waals surface area contributed by atoms with E-state index in [1.807, 2.05) is 16.7 Å². The SMILES string of the molecule is O=C(c1ccc(F)cc1)N1CCCSCC1CN1CCCC1. The van der Waals surface area contributed by atoms with Crippen molar-refractivity contribution in [1.82, 2.24) is 9.80 Å². The van der Waals surface area contributed by atoms with Gasteiger partial charge < -0.3 is 9.80 Å². The molecule has 1 amide bonds. The van der Waals surface area contributed by atoms with Crippen LogP contribution < -0.4 is 0 Å². The summed E-state index contributed by atoms with van der Waals surface area (Å²) in [6, 6.07) is 6.21. The second kappa shape index (κ2) is 7.47. The van der Waals surface area contributed by atoms with E-state index in [1.165, 1.54) is 25.0 Å². The van der Waals surface area contributed by atoms with Gasteiger partial charge in [-0.15, -0.1) is 0 Å². The van der Waals surface area contributed by atoms with Crippen molar-refractivity contribution in [2.75, 3.05) is 37.7 Å². The number of amides is 1. The molecule has 2 heterocycles. The number of nitrogens with zero attached hydrogens (tertiary/aromatic N) is 2. The van der Waals surface area contributed by atoms with Crippen LogP contribution in [0.1, 0.15) is 29.6 Å². The van der Waals surface area contributed by atoms with Crippen LogP contribution in [0.15, 0.2) is 24.3 Å². The van der Waals surface area contributed by atoms with Gasteiger partial charge in [-0.3, -0.25) is 4.79 Å². The minimum atomic E-state index is -0.295. The Kier molecular flexibility index (Phi) is 5.37. The number of hydrogen-bond donors (Lipinski definition) is 0. The van der Waals surface area contributed by atoms with E-state index in [4.69, 9.17) is 0 Å². The molecular formula is C17H23FN2OS. The molecule has 2 aliphatic rings. The molecule has 0 bridgehead atoms. The molecule has 0 saturated carbocycles. The molecule has 3 rings (SSSR count). The predicted molar refractivity (Wildman–Crippen MR) is 88.8 cm³/mol. The van der Waals surface area contributed by atoms with Crippen LogP contribution in [-0.2, 0) is 0 Å². The summed E-state index contributed by atoms with van der Waals surface area (Å²) in [7, 11) is 0. The summed E-state index contributed by atoms with van der Waals surface area (Å²) in [4.78, 5) is 17.3. The van der Waals surface area contributed by atoms with E-state index in [9.17, 15) is 9.18 Å². The Morgan fingerprint density at radius 2 is 1.86 bits per heavy atom. The van der Waals surface area contributed by atoms with Crippen molar-refractivity contribution in [3.05, 3.63) is 35.6 Å². The van der Waals surface area contributed by atoms with E-state index in [0.29, 0.717) is 5.56 Å². The molecule has 0 aromatic heterocycles. The van der Waals surface area contributed by atoms with Crippen LogP contribution in [0.3, 0.4) is 0 Å². The van der Waals surface area contributed by atoms with Crippen molar-refractivity contribution in [3.63, 3.8) is 0 Å². The topological polar surface area (TPSA) is 23.6 Å². The van der Waals surface area contributed by atoms with Crippen LogP contribution in [0.2, 0.25) is 0 Å². The summed E-state index contributed by atoms with van der Waals surface area (Å²) in [6.07, 6.45) is 3.58. The van der Waals surface area contributed by atoms with Crippen LogP contribution in [0, 0.1) is 5.82 Å². The van der Waals surface area contributed by atoms with Gasteiger partial charge in [0.05, 0.1) is 6.04 Å². The van der Waals surface area contributed by atoms with Gasteiger partial charge in [0.25, 0.3) is 5.91 Å². The first-order valence-electron chi connectivity index (χ1n) is 8.11. The number of rotatable bonds is 3. The van der Waals surface area contributed by atoms with Gasteiger partial charge in [0.1, 0.15) is 5.82 Å². The largest absolute Gasteiger partial charge is 0.334 e. The summed E-state index contributed by atoms with van der Waals surface area (Å²) in [5.74, 6) is 1.87. The van der Waals surface area contributed by atoms with Crippen LogP contribution in [0.5, 0.6) is 0 Å². The molecular weight excluding hydrogens is 299 g/mol. The molecule has 120 valence electrons. The van der Waals surface area contributed by atoms with Gasteiger partial charge in [-0.2, -0.15) is 11.8 Å². The molecule has 2 aliphatic heterocycles. The zero-order valence-electron chi connectivity index (χ0n) is 12.8. The Labute approximate surface area is 135 Å². The second-order valence-electron chi connectivity index (χ2n) is 6.10. The summed E-state index contributed by atoms with van der Waals surface area (Å²) in [6.45, 7) is 4.08. The first-order valence-corrected chi connectivity index (χ1v) is 9.26. The van der Waals surface area contributed by atoms with Crippen LogP contribution in [0.25, 0.3) is 0 Å². The summed E-state index contributed by atoms with van der Waals surface area (Å²) >= 11 is 1.95. The zero-order chi connectivity index (χ0) is 15.4. The van der Waals surface area contributed by atoms with E-state index in [0.717, 1.165) is 44.1 Å². The number of benzene rings is 1. The fourth-order valence-corrected chi connectivity index (χ4v) is 4.33. The van der Waals surface area contributed by atoms with E-state index >= 15 is 0 Å². The monoisotopic (exact) mass is 322 g/mol. The summed E-state index contributed by atoms with van der Waals surface area (Å²) < 4.78 is 13.1. The molecule has 22 heavy (non-hydrogen) atoms. The Morgan fingerprint density at radius 1 is 1.14 bits per heavy atom. The van der Waals surface area contributed by atoms with Crippen molar-refractivity contribution < 1.29 is 9.18 Å². The molecule has 1 unspecified atom stereocenters. The zero-order valence-corrected chi connectivity index (χ0v) is 13.7. The van der Waals surface area contributed by atoms with Crippen molar-refractivity contribution in [2.24, 2.45) is 0 Å². The lowest BCUT2D eigenvalue weighted by Crippen LogP contribution is -2.47. The molecule has 0 radical (unpaired) electrons. The minimum absolute atomic E-state index is 0.0479. The van der Waals surface area contributed by atoms with Gasteiger partial charge in [-0.25, -0.2) is 4.39 Å². The predicted octanol–water partition coefficient (Wildman–Crippen LogP) is 2.87. The van der Waals surface area contributed by atoms with Crippen molar-refractivity contribution >= 4 is 17.7 Å². The van der Waals surface area contributed by atoms with E-state index in [2.05, 4.69) is 4.90 Å². The van der Waals surface area contributed by atoms with Crippen molar-refractivity contribution in [2.45, 2.75) is 25.3 Å². The lowest BCUT2D eigenvalue weighted by molar-refractivity contribution is 0.0666. The molecule has 2 fully saturated rings. The lowest BCUT2D eigenvalue weighted by Gasteiger charge is -2.32. The average Bonchev–Trinajstić information content (AvgIpc) is 2.92. The Balaban J connectivity index is 1.73. The molecule has 0 aliphatic carbocycles. The van der Waals surface area contributed by atoms with Crippen molar-refractivity contribution in [1.29, 1.82) is 0 Å². The molecule has 1 atom stereocenters. The first-order chi connectivity index (χ1) is 10.7. The number of halogens is 1. The van der Waals surface area contributed by atoms with E-state index in [-0.39, 0.29) is 17.8 Å². The Bertz CT molecular complexity index is 502. The summed E-state index contributed by atoms with van der Waals surface area (Å²) in [5, 5.41) is 0. The highest BCUT2D eigenvalue weighted by atomic mass is 32.2. The number of likely N-dealkylation sites (tertiary alicyclic amines) is 1. The molecule has 1 aromatic carbocycles. The maximum Gasteiger partial charge on any atom is 0.254 e. The number of carbonyl (C=O) groups is 1. The average molecular weight is 322 g/mol. The molecule has 1 aromatic rings. The third-order valence-corrected chi connectivity index (χ3v) is 5.66. The summed E-state index contributed by atoms with van der Waals surface area (Å²) in [5.41, 5.74) is 0.597. The highest BCUT2D eigenvalue weighted by Gasteiger charge is 2.28. The highest BCUT2D eigenvalue weighted by molar-refractivity contribution is 7.99. The Morgan fingerprint density at radius 3 is 2.59 bits per heavy atom. The van der Waals surface area contributed by atoms with E-state index < -0.39 is 0 Å². The van der Waals surface area contributed by atoms with Gasteiger partial charge in [-0.1, -0.05) is 0 Å². The van der Waals surface area contributed by atoms with E-state index in [1.54, 1.807) is 12.1 Å². The maximum atomic E-state index is 13.1. The van der Waals surface area contributed by atoms with Crippen molar-refractivity contribution in [3.8, 4) is 0 Å². The number of carbonyl (C=O) groups excluding carboxylic acids is 1. The lowest BCUT2D eigenvalue weighted by atomic mass is 10.1. The quantitative estimate of drug-likeness (QED) is 0.855. The fourth-order valence-electron chi connectivity index (χ4n) is 3.27. The normalized spacial score (nSPS) is 23.5. The first kappa shape index (κ1) is 15.8. The third-order valence-electron chi connectivity index (χ3n) is 4.46.